The van der Waals surface area contributed by atoms with Crippen LogP contribution < -0.4 is 16.2 Å². The summed E-state index contributed by atoms with van der Waals surface area (Å²) in [6.07, 6.45) is 6.23. The SMILES string of the molecule is O=C(CCc1ccccc1)NNC(=S)NC(=O)C1CCCCC1. The monoisotopic (exact) mass is 333 g/mol. The zero-order valence-corrected chi connectivity index (χ0v) is 14.0. The van der Waals surface area contributed by atoms with Crippen molar-refractivity contribution in [1.29, 1.82) is 0 Å². The molecule has 2 amide bonds. The molecule has 0 atom stereocenters. The van der Waals surface area contributed by atoms with E-state index in [1.54, 1.807) is 0 Å². The highest BCUT2D eigenvalue weighted by molar-refractivity contribution is 7.80. The van der Waals surface area contributed by atoms with Gasteiger partial charge >= 0.3 is 0 Å². The molecule has 5 nitrogen and oxygen atoms in total. The number of hydrogen-bond donors (Lipinski definition) is 3. The average molecular weight is 333 g/mol. The minimum Gasteiger partial charge on any atom is -0.302 e. The van der Waals surface area contributed by atoms with Crippen molar-refractivity contribution in [3.8, 4) is 0 Å². The van der Waals surface area contributed by atoms with E-state index < -0.39 is 0 Å². The first-order chi connectivity index (χ1) is 11.1. The number of benzene rings is 1. The largest absolute Gasteiger partial charge is 0.302 e. The molecular formula is C17H23N3O2S. The van der Waals surface area contributed by atoms with Gasteiger partial charge in [0.15, 0.2) is 5.11 Å². The van der Waals surface area contributed by atoms with Gasteiger partial charge in [-0.1, -0.05) is 49.6 Å². The molecular weight excluding hydrogens is 310 g/mol. The number of carbonyl (C=O) groups is 2. The molecule has 1 aromatic carbocycles. The first-order valence-corrected chi connectivity index (χ1v) is 8.49. The molecule has 0 spiro atoms. The first kappa shape index (κ1) is 17.4. The third-order valence-electron chi connectivity index (χ3n) is 4.01. The van der Waals surface area contributed by atoms with Crippen molar-refractivity contribution in [1.82, 2.24) is 16.2 Å². The number of carbonyl (C=O) groups excluding carboxylic acids is 2. The Morgan fingerprint density at radius 2 is 1.74 bits per heavy atom. The fourth-order valence-electron chi connectivity index (χ4n) is 2.70. The highest BCUT2D eigenvalue weighted by Crippen LogP contribution is 2.23. The molecule has 3 N–H and O–H groups in total. The van der Waals surface area contributed by atoms with E-state index in [4.69, 9.17) is 12.2 Å². The highest BCUT2D eigenvalue weighted by Gasteiger charge is 2.21. The number of aryl methyl sites for hydroxylation is 1. The van der Waals surface area contributed by atoms with Gasteiger partial charge in [-0.05, 0) is 37.0 Å². The predicted molar refractivity (Wildman–Crippen MR) is 93.4 cm³/mol. The van der Waals surface area contributed by atoms with E-state index in [1.165, 1.54) is 6.42 Å². The summed E-state index contributed by atoms with van der Waals surface area (Å²) in [5.41, 5.74) is 6.21. The first-order valence-electron chi connectivity index (χ1n) is 8.09. The summed E-state index contributed by atoms with van der Waals surface area (Å²) < 4.78 is 0. The van der Waals surface area contributed by atoms with E-state index in [-0.39, 0.29) is 22.8 Å². The van der Waals surface area contributed by atoms with Crippen LogP contribution >= 0.6 is 12.2 Å². The van der Waals surface area contributed by atoms with Gasteiger partial charge in [0.05, 0.1) is 0 Å². The predicted octanol–water partition coefficient (Wildman–Crippen LogP) is 2.22. The van der Waals surface area contributed by atoms with Crippen molar-refractivity contribution < 1.29 is 9.59 Å². The Balaban J connectivity index is 1.63. The van der Waals surface area contributed by atoms with Gasteiger partial charge in [-0.3, -0.25) is 20.4 Å². The third kappa shape index (κ3) is 6.36. The van der Waals surface area contributed by atoms with E-state index in [0.717, 1.165) is 31.2 Å². The summed E-state index contributed by atoms with van der Waals surface area (Å²) in [7, 11) is 0. The molecule has 6 heteroatoms. The molecule has 2 rings (SSSR count). The van der Waals surface area contributed by atoms with Crippen LogP contribution in [0.2, 0.25) is 0 Å². The molecule has 0 aromatic heterocycles. The molecule has 1 aliphatic carbocycles. The van der Waals surface area contributed by atoms with E-state index in [0.29, 0.717) is 12.8 Å². The Kier molecular flexibility index (Phi) is 7.00. The van der Waals surface area contributed by atoms with Gasteiger partial charge in [0.25, 0.3) is 0 Å². The van der Waals surface area contributed by atoms with E-state index in [1.807, 2.05) is 30.3 Å². The molecule has 0 radical (unpaired) electrons. The van der Waals surface area contributed by atoms with Crippen LogP contribution in [0, 0.1) is 5.92 Å². The Bertz CT molecular complexity index is 542. The summed E-state index contributed by atoms with van der Waals surface area (Å²) in [6.45, 7) is 0. The molecule has 1 saturated carbocycles. The maximum Gasteiger partial charge on any atom is 0.238 e. The fourth-order valence-corrected chi connectivity index (χ4v) is 2.85. The summed E-state index contributed by atoms with van der Waals surface area (Å²) in [6, 6.07) is 9.80. The molecule has 1 aromatic rings. The minimum atomic E-state index is -0.164. The van der Waals surface area contributed by atoms with Crippen LogP contribution in [-0.2, 0) is 16.0 Å². The molecule has 0 aliphatic heterocycles. The van der Waals surface area contributed by atoms with Gasteiger partial charge in [0.1, 0.15) is 0 Å². The normalized spacial score (nSPS) is 14.8. The second kappa shape index (κ2) is 9.25. The molecule has 23 heavy (non-hydrogen) atoms. The lowest BCUT2D eigenvalue weighted by atomic mass is 9.89. The van der Waals surface area contributed by atoms with Gasteiger partial charge in [-0.25, -0.2) is 0 Å². The van der Waals surface area contributed by atoms with Crippen molar-refractivity contribution >= 4 is 29.1 Å². The number of rotatable bonds is 4. The lowest BCUT2D eigenvalue weighted by Gasteiger charge is -2.21. The van der Waals surface area contributed by atoms with E-state index in [9.17, 15) is 9.59 Å². The van der Waals surface area contributed by atoms with Crippen LogP contribution in [0.25, 0.3) is 0 Å². The summed E-state index contributed by atoms with van der Waals surface area (Å²) in [4.78, 5) is 23.8. The molecule has 1 fully saturated rings. The molecule has 1 aliphatic rings. The standard InChI is InChI=1S/C17H23N3O2S/c21-15(12-11-13-7-3-1-4-8-13)19-20-17(23)18-16(22)14-9-5-2-6-10-14/h1,3-4,7-8,14H,2,5-6,9-12H2,(H,19,21)(H2,18,20,22,23). The molecule has 0 heterocycles. The Morgan fingerprint density at radius 1 is 1.04 bits per heavy atom. The van der Waals surface area contributed by atoms with Crippen molar-refractivity contribution in [2.24, 2.45) is 5.92 Å². The van der Waals surface area contributed by atoms with Gasteiger partial charge in [0.2, 0.25) is 11.8 Å². The third-order valence-corrected chi connectivity index (χ3v) is 4.22. The average Bonchev–Trinajstić information content (AvgIpc) is 2.60. The second-order valence-electron chi connectivity index (χ2n) is 5.81. The zero-order valence-electron chi connectivity index (χ0n) is 13.1. The topological polar surface area (TPSA) is 70.2 Å². The Labute approximate surface area is 142 Å². The number of nitrogens with one attached hydrogen (secondary N) is 3. The van der Waals surface area contributed by atoms with Crippen LogP contribution in [0.5, 0.6) is 0 Å². The van der Waals surface area contributed by atoms with Gasteiger partial charge in [0, 0.05) is 12.3 Å². The van der Waals surface area contributed by atoms with Crippen LogP contribution in [-0.4, -0.2) is 16.9 Å². The summed E-state index contributed by atoms with van der Waals surface area (Å²) in [5, 5.41) is 2.79. The van der Waals surface area contributed by atoms with Crippen LogP contribution in [0.4, 0.5) is 0 Å². The Morgan fingerprint density at radius 3 is 2.43 bits per heavy atom. The quantitative estimate of drug-likeness (QED) is 0.584. The van der Waals surface area contributed by atoms with Crippen LogP contribution in [0.1, 0.15) is 44.1 Å². The second-order valence-corrected chi connectivity index (χ2v) is 6.22. The molecule has 0 bridgehead atoms. The van der Waals surface area contributed by atoms with Gasteiger partial charge < -0.3 is 5.32 Å². The van der Waals surface area contributed by atoms with Gasteiger partial charge in [-0.2, -0.15) is 0 Å². The van der Waals surface area contributed by atoms with Gasteiger partial charge in [-0.15, -0.1) is 0 Å². The van der Waals surface area contributed by atoms with Crippen LogP contribution in [0.15, 0.2) is 30.3 Å². The van der Waals surface area contributed by atoms with E-state index >= 15 is 0 Å². The van der Waals surface area contributed by atoms with E-state index in [2.05, 4.69) is 16.2 Å². The zero-order chi connectivity index (χ0) is 16.5. The summed E-state index contributed by atoms with van der Waals surface area (Å²) >= 11 is 5.04. The Hall–Kier alpha value is -1.95. The van der Waals surface area contributed by atoms with Crippen molar-refractivity contribution in [3.63, 3.8) is 0 Å². The molecule has 0 saturated heterocycles. The molecule has 124 valence electrons. The summed E-state index contributed by atoms with van der Waals surface area (Å²) in [5.74, 6) is -0.180. The van der Waals surface area contributed by atoms with Crippen LogP contribution in [0.3, 0.4) is 0 Å². The molecule has 0 unspecified atom stereocenters. The minimum absolute atomic E-state index is 0.0392. The smallest absolute Gasteiger partial charge is 0.238 e. The number of hydrogen-bond acceptors (Lipinski definition) is 3. The number of thiocarbonyl (C=S) groups is 1. The van der Waals surface area contributed by atoms with Crippen molar-refractivity contribution in [2.45, 2.75) is 44.9 Å². The highest BCUT2D eigenvalue weighted by atomic mass is 32.1. The maximum absolute atomic E-state index is 12.0. The lowest BCUT2D eigenvalue weighted by molar-refractivity contribution is -0.125. The van der Waals surface area contributed by atoms with Crippen molar-refractivity contribution in [3.05, 3.63) is 35.9 Å². The number of hydrazine groups is 1. The fraction of sp³-hybridized carbons (Fsp3) is 0.471. The number of amides is 2. The van der Waals surface area contributed by atoms with Crippen molar-refractivity contribution in [2.75, 3.05) is 0 Å². The lowest BCUT2D eigenvalue weighted by Crippen LogP contribution is -2.49. The maximum atomic E-state index is 12.0.